The molecule has 0 spiro atoms. The first-order valence-electron chi connectivity index (χ1n) is 8.40. The van der Waals surface area contributed by atoms with Gasteiger partial charge in [-0.1, -0.05) is 30.3 Å². The van der Waals surface area contributed by atoms with Crippen LogP contribution in [0.3, 0.4) is 0 Å². The lowest BCUT2D eigenvalue weighted by atomic mass is 9.95. The molecule has 0 amide bonds. The van der Waals surface area contributed by atoms with Crippen molar-refractivity contribution >= 4 is 0 Å². The average molecular weight is 304 g/mol. The smallest absolute Gasteiger partial charge is 0.0594 e. The molecule has 3 rings (SSSR count). The lowest BCUT2D eigenvalue weighted by molar-refractivity contribution is 0.0202. The van der Waals surface area contributed by atoms with Gasteiger partial charge in [-0.3, -0.25) is 10.3 Å². The Bertz CT molecular complexity index is 436. The second-order valence-corrected chi connectivity index (χ2v) is 6.33. The summed E-state index contributed by atoms with van der Waals surface area (Å²) in [5.41, 5.74) is 8.07. The van der Waals surface area contributed by atoms with Crippen LogP contribution < -0.4 is 16.2 Å². The summed E-state index contributed by atoms with van der Waals surface area (Å²) in [6.07, 6.45) is 0. The molecule has 2 saturated heterocycles. The second-order valence-electron chi connectivity index (χ2n) is 6.33. The van der Waals surface area contributed by atoms with Crippen LogP contribution in [0.4, 0.5) is 0 Å². The lowest BCUT2D eigenvalue weighted by Gasteiger charge is -2.32. The van der Waals surface area contributed by atoms with E-state index in [9.17, 15) is 0 Å². The summed E-state index contributed by atoms with van der Waals surface area (Å²) >= 11 is 0. The molecule has 3 atom stereocenters. The van der Waals surface area contributed by atoms with E-state index in [1.165, 1.54) is 5.56 Å². The SMILES string of the molecule is CC(CNCC1CNNC1c1ccccc1)N1CCOCC1. The van der Waals surface area contributed by atoms with Gasteiger partial charge in [0.15, 0.2) is 0 Å². The number of hydrogen-bond donors (Lipinski definition) is 3. The third kappa shape index (κ3) is 4.06. The fraction of sp³-hybridized carbons (Fsp3) is 0.647. The minimum atomic E-state index is 0.396. The predicted molar refractivity (Wildman–Crippen MR) is 88.5 cm³/mol. The number of nitrogens with zero attached hydrogens (tertiary/aromatic N) is 1. The Labute approximate surface area is 133 Å². The highest BCUT2D eigenvalue weighted by Crippen LogP contribution is 2.23. The van der Waals surface area contributed by atoms with Crippen molar-refractivity contribution in [2.24, 2.45) is 5.92 Å². The van der Waals surface area contributed by atoms with Gasteiger partial charge in [-0.05, 0) is 12.5 Å². The van der Waals surface area contributed by atoms with E-state index >= 15 is 0 Å². The molecule has 0 radical (unpaired) electrons. The van der Waals surface area contributed by atoms with Crippen molar-refractivity contribution in [1.29, 1.82) is 0 Å². The Balaban J connectivity index is 1.44. The van der Waals surface area contributed by atoms with Crippen LogP contribution in [0.15, 0.2) is 30.3 Å². The number of hydrogen-bond acceptors (Lipinski definition) is 5. The van der Waals surface area contributed by atoms with Crippen LogP contribution in [0, 0.1) is 5.92 Å². The van der Waals surface area contributed by atoms with Gasteiger partial charge >= 0.3 is 0 Å². The first-order valence-corrected chi connectivity index (χ1v) is 8.40. The van der Waals surface area contributed by atoms with Crippen molar-refractivity contribution in [3.63, 3.8) is 0 Å². The molecular formula is C17H28N4O. The molecule has 3 unspecified atom stereocenters. The quantitative estimate of drug-likeness (QED) is 0.724. The lowest BCUT2D eigenvalue weighted by Crippen LogP contribution is -2.47. The molecule has 0 saturated carbocycles. The fourth-order valence-electron chi connectivity index (χ4n) is 3.37. The van der Waals surface area contributed by atoms with Crippen LogP contribution in [0.1, 0.15) is 18.5 Å². The number of hydrazine groups is 1. The van der Waals surface area contributed by atoms with E-state index in [1.54, 1.807) is 0 Å². The average Bonchev–Trinajstić information content (AvgIpc) is 3.05. The van der Waals surface area contributed by atoms with Gasteiger partial charge in [0.1, 0.15) is 0 Å². The third-order valence-electron chi connectivity index (χ3n) is 4.77. The molecule has 122 valence electrons. The molecule has 2 heterocycles. The summed E-state index contributed by atoms with van der Waals surface area (Å²) in [5, 5.41) is 3.66. The molecule has 2 aliphatic heterocycles. The summed E-state index contributed by atoms with van der Waals surface area (Å²) < 4.78 is 5.42. The molecule has 1 aromatic carbocycles. The van der Waals surface area contributed by atoms with Gasteiger partial charge < -0.3 is 10.1 Å². The summed E-state index contributed by atoms with van der Waals surface area (Å²) in [7, 11) is 0. The van der Waals surface area contributed by atoms with E-state index in [0.717, 1.165) is 45.9 Å². The largest absolute Gasteiger partial charge is 0.379 e. The Morgan fingerprint density at radius 3 is 2.82 bits per heavy atom. The Morgan fingerprint density at radius 2 is 2.05 bits per heavy atom. The second kappa shape index (κ2) is 8.04. The van der Waals surface area contributed by atoms with Gasteiger partial charge in [0, 0.05) is 44.7 Å². The minimum Gasteiger partial charge on any atom is -0.379 e. The summed E-state index contributed by atoms with van der Waals surface area (Å²) in [6, 6.07) is 11.7. The fourth-order valence-corrected chi connectivity index (χ4v) is 3.37. The molecule has 2 fully saturated rings. The zero-order valence-electron chi connectivity index (χ0n) is 13.4. The normalized spacial score (nSPS) is 27.9. The zero-order valence-corrected chi connectivity index (χ0v) is 13.4. The third-order valence-corrected chi connectivity index (χ3v) is 4.77. The maximum atomic E-state index is 5.42. The van der Waals surface area contributed by atoms with Crippen molar-refractivity contribution in [1.82, 2.24) is 21.1 Å². The van der Waals surface area contributed by atoms with Crippen LogP contribution in [-0.2, 0) is 4.74 Å². The van der Waals surface area contributed by atoms with Crippen LogP contribution in [0.5, 0.6) is 0 Å². The summed E-state index contributed by atoms with van der Waals surface area (Å²) in [5.74, 6) is 0.583. The van der Waals surface area contributed by atoms with Crippen LogP contribution in [0.2, 0.25) is 0 Å². The minimum absolute atomic E-state index is 0.396. The van der Waals surface area contributed by atoms with E-state index in [-0.39, 0.29) is 0 Å². The number of benzene rings is 1. The van der Waals surface area contributed by atoms with E-state index in [0.29, 0.717) is 18.0 Å². The van der Waals surface area contributed by atoms with Crippen molar-refractivity contribution in [2.45, 2.75) is 19.0 Å². The van der Waals surface area contributed by atoms with Gasteiger partial charge in [0.05, 0.1) is 19.3 Å². The van der Waals surface area contributed by atoms with Gasteiger partial charge in [-0.2, -0.15) is 0 Å². The van der Waals surface area contributed by atoms with E-state index < -0.39 is 0 Å². The monoisotopic (exact) mass is 304 g/mol. The molecule has 5 nitrogen and oxygen atoms in total. The number of morpholine rings is 1. The molecule has 1 aromatic rings. The van der Waals surface area contributed by atoms with Crippen molar-refractivity contribution < 1.29 is 4.74 Å². The molecule has 0 aliphatic carbocycles. The number of nitrogens with one attached hydrogen (secondary N) is 3. The van der Waals surface area contributed by atoms with Gasteiger partial charge in [0.2, 0.25) is 0 Å². The van der Waals surface area contributed by atoms with Gasteiger partial charge in [-0.15, -0.1) is 0 Å². The highest BCUT2D eigenvalue weighted by molar-refractivity contribution is 5.20. The molecule has 3 N–H and O–H groups in total. The van der Waals surface area contributed by atoms with Crippen LogP contribution >= 0.6 is 0 Å². The Kier molecular flexibility index (Phi) is 5.81. The highest BCUT2D eigenvalue weighted by atomic mass is 16.5. The first-order chi connectivity index (χ1) is 10.8. The van der Waals surface area contributed by atoms with E-state index in [2.05, 4.69) is 58.3 Å². The first kappa shape index (κ1) is 15.9. The standard InChI is InChI=1S/C17H28N4O/c1-14(21-7-9-22-10-8-21)11-18-12-16-13-19-20-17(16)15-5-3-2-4-6-15/h2-6,14,16-20H,7-13H2,1H3. The maximum absolute atomic E-state index is 5.42. The Hall–Kier alpha value is -0.980. The van der Waals surface area contributed by atoms with Crippen LogP contribution in [-0.4, -0.2) is 56.9 Å². The zero-order chi connectivity index (χ0) is 15.2. The summed E-state index contributed by atoms with van der Waals surface area (Å²) in [4.78, 5) is 2.51. The number of ether oxygens (including phenoxy) is 1. The van der Waals surface area contributed by atoms with Crippen molar-refractivity contribution in [3.05, 3.63) is 35.9 Å². The molecule has 22 heavy (non-hydrogen) atoms. The topological polar surface area (TPSA) is 48.6 Å². The predicted octanol–water partition coefficient (Wildman–Crippen LogP) is 0.762. The molecule has 0 bridgehead atoms. The van der Waals surface area contributed by atoms with Gasteiger partial charge in [-0.25, -0.2) is 5.43 Å². The van der Waals surface area contributed by atoms with E-state index in [4.69, 9.17) is 4.74 Å². The van der Waals surface area contributed by atoms with E-state index in [1.807, 2.05) is 0 Å². The maximum Gasteiger partial charge on any atom is 0.0594 e. The molecule has 2 aliphatic rings. The van der Waals surface area contributed by atoms with Gasteiger partial charge in [0.25, 0.3) is 0 Å². The number of rotatable bonds is 6. The summed E-state index contributed by atoms with van der Waals surface area (Å²) in [6.45, 7) is 9.25. The highest BCUT2D eigenvalue weighted by Gasteiger charge is 2.27. The molecule has 0 aromatic heterocycles. The van der Waals surface area contributed by atoms with Crippen molar-refractivity contribution in [2.75, 3.05) is 45.9 Å². The van der Waals surface area contributed by atoms with Crippen LogP contribution in [0.25, 0.3) is 0 Å². The molecular weight excluding hydrogens is 276 g/mol. The Morgan fingerprint density at radius 1 is 1.27 bits per heavy atom. The molecule has 5 heteroatoms. The van der Waals surface area contributed by atoms with Crippen molar-refractivity contribution in [3.8, 4) is 0 Å².